The van der Waals surface area contributed by atoms with Gasteiger partial charge in [-0.3, -0.25) is 9.59 Å². The second-order valence-corrected chi connectivity index (χ2v) is 6.00. The number of nitrogens with zero attached hydrogens (tertiary/aromatic N) is 1. The van der Waals surface area contributed by atoms with E-state index in [2.05, 4.69) is 0 Å². The van der Waals surface area contributed by atoms with E-state index in [4.69, 9.17) is 0 Å². The molecule has 4 nitrogen and oxygen atoms in total. The molecule has 1 saturated heterocycles. The molecule has 4 heteroatoms. The zero-order chi connectivity index (χ0) is 14.3. The van der Waals surface area contributed by atoms with Crippen molar-refractivity contribution in [3.63, 3.8) is 0 Å². The highest BCUT2D eigenvalue weighted by Crippen LogP contribution is 2.55. The van der Waals surface area contributed by atoms with Crippen molar-refractivity contribution >= 4 is 11.9 Å². The van der Waals surface area contributed by atoms with Crippen LogP contribution in [0.4, 0.5) is 0 Å². The molecule has 20 heavy (non-hydrogen) atoms. The Morgan fingerprint density at radius 3 is 2.55 bits per heavy atom. The predicted octanol–water partition coefficient (Wildman–Crippen LogP) is 2.46. The summed E-state index contributed by atoms with van der Waals surface area (Å²) in [6.07, 6.45) is 1.81. The number of hydrogen-bond acceptors (Lipinski definition) is 2. The van der Waals surface area contributed by atoms with Crippen LogP contribution in [0.1, 0.15) is 37.8 Å². The number of likely N-dealkylation sites (tertiary alicyclic amines) is 1. The lowest BCUT2D eigenvalue weighted by atomic mass is 9.88. The van der Waals surface area contributed by atoms with Gasteiger partial charge in [-0.1, -0.05) is 30.3 Å². The molecule has 1 aromatic rings. The highest BCUT2D eigenvalue weighted by molar-refractivity contribution is 5.84. The normalized spacial score (nSPS) is 25.6. The second kappa shape index (κ2) is 4.62. The molecule has 106 valence electrons. The van der Waals surface area contributed by atoms with Gasteiger partial charge in [0.25, 0.3) is 0 Å². The van der Waals surface area contributed by atoms with Crippen molar-refractivity contribution in [2.45, 2.75) is 32.2 Å². The molecular formula is C16H19NO3. The fourth-order valence-corrected chi connectivity index (χ4v) is 3.32. The third-order valence-corrected chi connectivity index (χ3v) is 4.90. The lowest BCUT2D eigenvalue weighted by molar-refractivity contribution is -0.145. The van der Waals surface area contributed by atoms with Gasteiger partial charge in [-0.05, 0) is 25.3 Å². The Hall–Kier alpha value is -1.84. The maximum absolute atomic E-state index is 12.2. The molecule has 1 heterocycles. The van der Waals surface area contributed by atoms with Gasteiger partial charge in [0.1, 0.15) is 0 Å². The zero-order valence-corrected chi connectivity index (χ0v) is 11.6. The van der Waals surface area contributed by atoms with Crippen LogP contribution in [0.5, 0.6) is 0 Å². The number of rotatable bonds is 4. The first-order valence-corrected chi connectivity index (χ1v) is 7.12. The Labute approximate surface area is 118 Å². The number of amides is 1. The SMILES string of the molecule is C[C@@H](c1ccccc1)N1C[C@H](C2(C(=O)O)CC2)CC1=O. The van der Waals surface area contributed by atoms with Crippen LogP contribution in [0.2, 0.25) is 0 Å². The molecule has 1 aromatic carbocycles. The molecule has 0 aromatic heterocycles. The Morgan fingerprint density at radius 2 is 2.00 bits per heavy atom. The van der Waals surface area contributed by atoms with E-state index in [1.807, 2.05) is 42.2 Å². The summed E-state index contributed by atoms with van der Waals surface area (Å²) in [5, 5.41) is 9.36. The van der Waals surface area contributed by atoms with Crippen LogP contribution >= 0.6 is 0 Å². The molecular weight excluding hydrogens is 254 g/mol. The van der Waals surface area contributed by atoms with Crippen LogP contribution in [-0.2, 0) is 9.59 Å². The van der Waals surface area contributed by atoms with Crippen LogP contribution in [0.15, 0.2) is 30.3 Å². The summed E-state index contributed by atoms with van der Waals surface area (Å²) >= 11 is 0. The van der Waals surface area contributed by atoms with Crippen molar-refractivity contribution in [1.29, 1.82) is 0 Å². The number of carboxylic acids is 1. The Kier molecular flexibility index (Phi) is 3.04. The summed E-state index contributed by atoms with van der Waals surface area (Å²) < 4.78 is 0. The minimum absolute atomic E-state index is 0.0123. The quantitative estimate of drug-likeness (QED) is 0.916. The first-order chi connectivity index (χ1) is 9.54. The first-order valence-electron chi connectivity index (χ1n) is 7.12. The van der Waals surface area contributed by atoms with Gasteiger partial charge >= 0.3 is 5.97 Å². The first kappa shape index (κ1) is 13.2. The van der Waals surface area contributed by atoms with Crippen molar-refractivity contribution in [2.75, 3.05) is 6.54 Å². The van der Waals surface area contributed by atoms with Crippen molar-refractivity contribution in [3.05, 3.63) is 35.9 Å². The maximum Gasteiger partial charge on any atom is 0.309 e. The molecule has 1 amide bonds. The lowest BCUT2D eigenvalue weighted by Crippen LogP contribution is -2.31. The van der Waals surface area contributed by atoms with Gasteiger partial charge in [0.2, 0.25) is 5.91 Å². The Bertz CT molecular complexity index is 536. The minimum atomic E-state index is -0.732. The molecule has 1 saturated carbocycles. The molecule has 2 atom stereocenters. The zero-order valence-electron chi connectivity index (χ0n) is 11.6. The molecule has 0 unspecified atom stereocenters. The third-order valence-electron chi connectivity index (χ3n) is 4.90. The molecule has 0 radical (unpaired) electrons. The number of benzene rings is 1. The number of carbonyl (C=O) groups excluding carboxylic acids is 1. The van der Waals surface area contributed by atoms with Gasteiger partial charge in [0.05, 0.1) is 11.5 Å². The van der Waals surface area contributed by atoms with Crippen molar-refractivity contribution in [3.8, 4) is 0 Å². The third kappa shape index (κ3) is 1.99. The van der Waals surface area contributed by atoms with Crippen molar-refractivity contribution in [1.82, 2.24) is 4.90 Å². The average molecular weight is 273 g/mol. The molecule has 2 aliphatic rings. The van der Waals surface area contributed by atoms with Crippen LogP contribution in [0.3, 0.4) is 0 Å². The Balaban J connectivity index is 1.76. The summed E-state index contributed by atoms with van der Waals surface area (Å²) in [6, 6.07) is 9.91. The highest BCUT2D eigenvalue weighted by Gasteiger charge is 2.59. The molecule has 3 rings (SSSR count). The number of carbonyl (C=O) groups is 2. The van der Waals surface area contributed by atoms with Crippen LogP contribution in [0, 0.1) is 11.3 Å². The predicted molar refractivity (Wildman–Crippen MR) is 74.0 cm³/mol. The van der Waals surface area contributed by atoms with E-state index < -0.39 is 11.4 Å². The van der Waals surface area contributed by atoms with Crippen LogP contribution in [0.25, 0.3) is 0 Å². The topological polar surface area (TPSA) is 57.6 Å². The van der Waals surface area contributed by atoms with Gasteiger partial charge in [-0.25, -0.2) is 0 Å². The number of carboxylic acid groups (broad SMARTS) is 1. The summed E-state index contributed by atoms with van der Waals surface area (Å²) in [4.78, 5) is 25.5. The van der Waals surface area contributed by atoms with Gasteiger partial charge in [-0.2, -0.15) is 0 Å². The van der Waals surface area contributed by atoms with E-state index in [1.54, 1.807) is 0 Å². The van der Waals surface area contributed by atoms with Gasteiger partial charge in [0.15, 0.2) is 0 Å². The van der Waals surface area contributed by atoms with E-state index in [-0.39, 0.29) is 17.9 Å². The van der Waals surface area contributed by atoms with E-state index >= 15 is 0 Å². The lowest BCUT2D eigenvalue weighted by Gasteiger charge is -2.26. The standard InChI is InChI=1S/C16H19NO3/c1-11(12-5-3-2-4-6-12)17-10-13(9-14(17)18)16(7-8-16)15(19)20/h2-6,11,13H,7-10H2,1H3,(H,19,20)/t11-,13+/m0/s1. The summed E-state index contributed by atoms with van der Waals surface area (Å²) in [5.74, 6) is -0.679. The van der Waals surface area contributed by atoms with Gasteiger partial charge in [0, 0.05) is 18.9 Å². The number of hydrogen-bond donors (Lipinski definition) is 1. The molecule has 1 aliphatic heterocycles. The van der Waals surface area contributed by atoms with Gasteiger partial charge in [-0.15, -0.1) is 0 Å². The second-order valence-electron chi connectivity index (χ2n) is 6.00. The smallest absolute Gasteiger partial charge is 0.309 e. The monoisotopic (exact) mass is 273 g/mol. The van der Waals surface area contributed by atoms with Crippen LogP contribution < -0.4 is 0 Å². The summed E-state index contributed by atoms with van der Waals surface area (Å²) in [5.41, 5.74) is 0.475. The molecule has 1 aliphatic carbocycles. The van der Waals surface area contributed by atoms with E-state index in [1.165, 1.54) is 0 Å². The van der Waals surface area contributed by atoms with Gasteiger partial charge < -0.3 is 10.0 Å². The highest BCUT2D eigenvalue weighted by atomic mass is 16.4. The fraction of sp³-hybridized carbons (Fsp3) is 0.500. The maximum atomic E-state index is 12.2. The van der Waals surface area contributed by atoms with Crippen molar-refractivity contribution in [2.24, 2.45) is 11.3 Å². The van der Waals surface area contributed by atoms with E-state index in [9.17, 15) is 14.7 Å². The fourth-order valence-electron chi connectivity index (χ4n) is 3.32. The summed E-state index contributed by atoms with van der Waals surface area (Å²) in [6.45, 7) is 2.58. The van der Waals surface area contributed by atoms with Crippen LogP contribution in [-0.4, -0.2) is 28.4 Å². The Morgan fingerprint density at radius 1 is 1.35 bits per heavy atom. The largest absolute Gasteiger partial charge is 0.481 e. The molecule has 0 bridgehead atoms. The average Bonchev–Trinajstić information content (AvgIpc) is 3.18. The molecule has 1 N–H and O–H groups in total. The number of aliphatic carboxylic acids is 1. The minimum Gasteiger partial charge on any atom is -0.481 e. The van der Waals surface area contributed by atoms with E-state index in [0.29, 0.717) is 25.8 Å². The van der Waals surface area contributed by atoms with Crippen molar-refractivity contribution < 1.29 is 14.7 Å². The molecule has 0 spiro atoms. The van der Waals surface area contributed by atoms with E-state index in [0.717, 1.165) is 5.56 Å². The summed E-state index contributed by atoms with van der Waals surface area (Å²) in [7, 11) is 0. The molecule has 2 fully saturated rings.